The summed E-state index contributed by atoms with van der Waals surface area (Å²) in [5.41, 5.74) is 0. The van der Waals surface area contributed by atoms with Crippen molar-refractivity contribution in [2.24, 2.45) is 5.92 Å². The third kappa shape index (κ3) is 6.03. The second kappa shape index (κ2) is 9.92. The van der Waals surface area contributed by atoms with Crippen molar-refractivity contribution in [1.29, 1.82) is 0 Å². The number of nitrogens with zero attached hydrogens (tertiary/aromatic N) is 1. The minimum absolute atomic E-state index is 0.109. The number of ether oxygens (including phenoxy) is 1. The average Bonchev–Trinajstić information content (AvgIpc) is 2.38. The highest BCUT2D eigenvalue weighted by atomic mass is 16.5. The molecule has 0 aromatic heterocycles. The lowest BCUT2D eigenvalue weighted by Crippen LogP contribution is -2.37. The third-order valence-electron chi connectivity index (χ3n) is 3.13. The molecule has 0 aliphatic carbocycles. The van der Waals surface area contributed by atoms with E-state index in [2.05, 4.69) is 18.6 Å². The van der Waals surface area contributed by atoms with Gasteiger partial charge in [0.25, 0.3) is 0 Å². The van der Waals surface area contributed by atoms with Crippen molar-refractivity contribution in [3.8, 4) is 0 Å². The molecule has 0 unspecified atom stereocenters. The van der Waals surface area contributed by atoms with Crippen molar-refractivity contribution in [3.63, 3.8) is 0 Å². The Hall–Kier alpha value is -1.06. The molecule has 4 heteroatoms. The Morgan fingerprint density at radius 3 is 2.06 bits per heavy atom. The summed E-state index contributed by atoms with van der Waals surface area (Å²) in [4.78, 5) is 25.2. The highest BCUT2D eigenvalue weighted by Gasteiger charge is 2.22. The van der Waals surface area contributed by atoms with Crippen molar-refractivity contribution in [2.45, 2.75) is 52.9 Å². The molecule has 0 saturated carbocycles. The Morgan fingerprint density at radius 1 is 1.11 bits per heavy atom. The van der Waals surface area contributed by atoms with Gasteiger partial charge >= 0.3 is 5.97 Å². The van der Waals surface area contributed by atoms with E-state index in [1.54, 1.807) is 4.90 Å². The van der Waals surface area contributed by atoms with Crippen LogP contribution in [0.4, 0.5) is 0 Å². The molecule has 0 aromatic carbocycles. The number of rotatable bonds is 9. The molecule has 106 valence electrons. The minimum atomic E-state index is -0.260. The molecule has 0 aromatic rings. The summed E-state index contributed by atoms with van der Waals surface area (Å²) < 4.78 is 4.60. The molecule has 0 saturated heterocycles. The average molecular weight is 257 g/mol. The van der Waals surface area contributed by atoms with Gasteiger partial charge in [0.1, 0.15) is 0 Å². The smallest absolute Gasteiger partial charge is 0.307 e. The Kier molecular flexibility index (Phi) is 9.33. The lowest BCUT2D eigenvalue weighted by Gasteiger charge is -2.25. The first-order valence-corrected chi connectivity index (χ1v) is 6.96. The number of esters is 1. The van der Waals surface area contributed by atoms with Gasteiger partial charge in [-0.3, -0.25) is 9.59 Å². The fraction of sp³-hybridized carbons (Fsp3) is 0.857. The maximum absolute atomic E-state index is 12.3. The van der Waals surface area contributed by atoms with Crippen LogP contribution in [-0.2, 0) is 14.3 Å². The summed E-state index contributed by atoms with van der Waals surface area (Å²) in [6.45, 7) is 7.26. The molecule has 0 aliphatic heterocycles. The van der Waals surface area contributed by atoms with Gasteiger partial charge in [-0.15, -0.1) is 0 Å². The third-order valence-corrected chi connectivity index (χ3v) is 3.13. The lowest BCUT2D eigenvalue weighted by molar-refractivity contribution is -0.142. The summed E-state index contributed by atoms with van der Waals surface area (Å²) in [6, 6.07) is 0. The van der Waals surface area contributed by atoms with E-state index in [0.29, 0.717) is 13.1 Å². The van der Waals surface area contributed by atoms with Gasteiger partial charge in [-0.2, -0.15) is 0 Å². The lowest BCUT2D eigenvalue weighted by atomic mass is 9.96. The second-order valence-corrected chi connectivity index (χ2v) is 4.52. The molecule has 0 aliphatic rings. The van der Waals surface area contributed by atoms with Crippen LogP contribution >= 0.6 is 0 Å². The maximum Gasteiger partial charge on any atom is 0.307 e. The van der Waals surface area contributed by atoms with Crippen LogP contribution < -0.4 is 0 Å². The SMILES string of the molecule is CCCC(CCC)C(=O)N(CC)CCC(=O)OC. The normalized spacial score (nSPS) is 10.5. The Bertz CT molecular complexity index is 247. The van der Waals surface area contributed by atoms with Crippen LogP contribution in [-0.4, -0.2) is 37.0 Å². The molecule has 0 fully saturated rings. The molecule has 0 heterocycles. The monoisotopic (exact) mass is 257 g/mol. The fourth-order valence-corrected chi connectivity index (χ4v) is 2.10. The van der Waals surface area contributed by atoms with Crippen molar-refractivity contribution in [1.82, 2.24) is 4.90 Å². The number of hydrogen-bond donors (Lipinski definition) is 0. The van der Waals surface area contributed by atoms with Gasteiger partial charge in [-0.1, -0.05) is 26.7 Å². The molecule has 0 N–H and O–H groups in total. The molecule has 0 rings (SSSR count). The van der Waals surface area contributed by atoms with Crippen LogP contribution in [0.2, 0.25) is 0 Å². The van der Waals surface area contributed by atoms with Gasteiger partial charge in [0.05, 0.1) is 13.5 Å². The van der Waals surface area contributed by atoms with Crippen LogP contribution in [0.5, 0.6) is 0 Å². The van der Waals surface area contributed by atoms with Crippen molar-refractivity contribution >= 4 is 11.9 Å². The topological polar surface area (TPSA) is 46.6 Å². The van der Waals surface area contributed by atoms with E-state index in [1.807, 2.05) is 6.92 Å². The van der Waals surface area contributed by atoms with E-state index in [-0.39, 0.29) is 24.2 Å². The first kappa shape index (κ1) is 16.9. The zero-order valence-corrected chi connectivity index (χ0v) is 12.2. The van der Waals surface area contributed by atoms with Crippen molar-refractivity contribution in [3.05, 3.63) is 0 Å². The predicted octanol–water partition coefficient (Wildman–Crippen LogP) is 2.61. The standard InChI is InChI=1S/C14H27NO3/c1-5-8-12(9-6-2)14(17)15(7-3)11-10-13(16)18-4/h12H,5-11H2,1-4H3. The molecular weight excluding hydrogens is 230 g/mol. The van der Waals surface area contributed by atoms with Gasteiger partial charge in [0, 0.05) is 19.0 Å². The number of carbonyl (C=O) groups is 2. The molecule has 0 atom stereocenters. The second-order valence-electron chi connectivity index (χ2n) is 4.52. The maximum atomic E-state index is 12.3. The quantitative estimate of drug-likeness (QED) is 0.596. The van der Waals surface area contributed by atoms with Gasteiger partial charge in [0.15, 0.2) is 0 Å². The zero-order valence-electron chi connectivity index (χ0n) is 12.2. The molecule has 0 bridgehead atoms. The molecule has 4 nitrogen and oxygen atoms in total. The number of methoxy groups -OCH3 is 1. The largest absolute Gasteiger partial charge is 0.469 e. The summed E-state index contributed by atoms with van der Waals surface area (Å²) in [5, 5.41) is 0. The molecule has 0 spiro atoms. The number of carbonyl (C=O) groups excluding carboxylic acids is 2. The summed E-state index contributed by atoms with van der Waals surface area (Å²) >= 11 is 0. The summed E-state index contributed by atoms with van der Waals surface area (Å²) in [5.74, 6) is 0.0338. The molecule has 0 radical (unpaired) electrons. The fourth-order valence-electron chi connectivity index (χ4n) is 2.10. The minimum Gasteiger partial charge on any atom is -0.469 e. The van der Waals surface area contributed by atoms with Gasteiger partial charge < -0.3 is 9.64 Å². The molecule has 1 amide bonds. The van der Waals surface area contributed by atoms with E-state index in [0.717, 1.165) is 25.7 Å². The van der Waals surface area contributed by atoms with Crippen LogP contribution in [0.25, 0.3) is 0 Å². The first-order valence-electron chi connectivity index (χ1n) is 6.96. The van der Waals surface area contributed by atoms with Crippen LogP contribution in [0.3, 0.4) is 0 Å². The van der Waals surface area contributed by atoms with Gasteiger partial charge in [-0.25, -0.2) is 0 Å². The first-order chi connectivity index (χ1) is 8.60. The van der Waals surface area contributed by atoms with Gasteiger partial charge in [0.2, 0.25) is 5.91 Å². The molecular formula is C14H27NO3. The van der Waals surface area contributed by atoms with E-state index >= 15 is 0 Å². The van der Waals surface area contributed by atoms with Crippen LogP contribution in [0.1, 0.15) is 52.9 Å². The van der Waals surface area contributed by atoms with Crippen LogP contribution in [0, 0.1) is 5.92 Å². The highest BCUT2D eigenvalue weighted by molar-refractivity contribution is 5.79. The highest BCUT2D eigenvalue weighted by Crippen LogP contribution is 2.17. The van der Waals surface area contributed by atoms with Gasteiger partial charge in [-0.05, 0) is 19.8 Å². The zero-order chi connectivity index (χ0) is 14.0. The molecule has 18 heavy (non-hydrogen) atoms. The Labute approximate surface area is 111 Å². The van der Waals surface area contributed by atoms with E-state index in [9.17, 15) is 9.59 Å². The van der Waals surface area contributed by atoms with E-state index in [4.69, 9.17) is 0 Å². The number of amides is 1. The van der Waals surface area contributed by atoms with E-state index in [1.165, 1.54) is 7.11 Å². The van der Waals surface area contributed by atoms with Crippen molar-refractivity contribution < 1.29 is 14.3 Å². The van der Waals surface area contributed by atoms with Crippen LogP contribution in [0.15, 0.2) is 0 Å². The number of hydrogen-bond acceptors (Lipinski definition) is 3. The Balaban J connectivity index is 4.41. The summed E-state index contributed by atoms with van der Waals surface area (Å²) in [7, 11) is 1.37. The Morgan fingerprint density at radius 2 is 1.67 bits per heavy atom. The predicted molar refractivity (Wildman–Crippen MR) is 72.2 cm³/mol. The summed E-state index contributed by atoms with van der Waals surface area (Å²) in [6.07, 6.45) is 4.18. The van der Waals surface area contributed by atoms with Crippen molar-refractivity contribution in [2.75, 3.05) is 20.2 Å². The van der Waals surface area contributed by atoms with E-state index < -0.39 is 0 Å².